The van der Waals surface area contributed by atoms with Crippen LogP contribution >= 0.6 is 0 Å². The van der Waals surface area contributed by atoms with Crippen molar-refractivity contribution in [2.24, 2.45) is 0 Å². The number of aryl methyl sites for hydroxylation is 2. The Labute approximate surface area is 252 Å². The Morgan fingerprint density at radius 1 is 0.767 bits per heavy atom. The Bertz CT molecular complexity index is 2160. The minimum Gasteiger partial charge on any atom is -0.437 e. The van der Waals surface area contributed by atoms with Gasteiger partial charge in [0.05, 0.1) is 17.4 Å². The molecule has 0 radical (unpaired) electrons. The number of benzene rings is 3. The van der Waals surface area contributed by atoms with Gasteiger partial charge in [-0.05, 0) is 77.3 Å². The Kier molecular flexibility index (Phi) is 6.24. The molecular formula is C38H36N4O. The third-order valence-electron chi connectivity index (χ3n) is 8.45. The van der Waals surface area contributed by atoms with E-state index in [9.17, 15) is 0 Å². The summed E-state index contributed by atoms with van der Waals surface area (Å²) in [7, 11) is 0. The Morgan fingerprint density at radius 3 is 2.28 bits per heavy atom. The minimum absolute atomic E-state index is 0.125. The number of fused-ring (bicyclic) bond motifs is 4. The van der Waals surface area contributed by atoms with E-state index in [0.717, 1.165) is 55.7 Å². The van der Waals surface area contributed by atoms with Crippen LogP contribution in [0.2, 0.25) is 0 Å². The predicted octanol–water partition coefficient (Wildman–Crippen LogP) is 10.1. The van der Waals surface area contributed by atoms with Crippen LogP contribution in [0, 0.1) is 13.8 Å². The Hall–Kier alpha value is -4.77. The van der Waals surface area contributed by atoms with Gasteiger partial charge in [0.2, 0.25) is 5.71 Å². The van der Waals surface area contributed by atoms with Crippen LogP contribution in [0.5, 0.6) is 0 Å². The summed E-state index contributed by atoms with van der Waals surface area (Å²) in [6.07, 6.45) is 3.80. The second-order valence-corrected chi connectivity index (χ2v) is 13.0. The third-order valence-corrected chi connectivity index (χ3v) is 8.45. The van der Waals surface area contributed by atoms with Gasteiger partial charge in [-0.3, -0.25) is 9.55 Å². The molecule has 0 N–H and O–H groups in total. The fraction of sp³-hybridized carbons (Fsp3) is 0.237. The van der Waals surface area contributed by atoms with E-state index in [0.29, 0.717) is 11.6 Å². The maximum absolute atomic E-state index is 6.24. The van der Waals surface area contributed by atoms with Crippen LogP contribution in [0.25, 0.3) is 61.3 Å². The summed E-state index contributed by atoms with van der Waals surface area (Å²) in [6.45, 7) is 15.4. The molecule has 5 nitrogen and oxygen atoms in total. The Morgan fingerprint density at radius 2 is 1.53 bits per heavy atom. The molecule has 0 saturated carbocycles. The molecule has 0 aliphatic carbocycles. The maximum atomic E-state index is 6.24. The van der Waals surface area contributed by atoms with E-state index in [2.05, 4.69) is 126 Å². The molecule has 0 spiro atoms. The van der Waals surface area contributed by atoms with Crippen molar-refractivity contribution in [1.29, 1.82) is 0 Å². The highest BCUT2D eigenvalue weighted by Gasteiger charge is 2.25. The summed E-state index contributed by atoms with van der Waals surface area (Å²) < 4.78 is 8.55. The predicted molar refractivity (Wildman–Crippen MR) is 177 cm³/mol. The highest BCUT2D eigenvalue weighted by atomic mass is 16.3. The molecule has 7 aromatic rings. The topological polar surface area (TPSA) is 56.7 Å². The molecule has 0 fully saturated rings. The molecule has 0 unspecified atom stereocenters. The lowest BCUT2D eigenvalue weighted by Gasteiger charge is -2.25. The lowest BCUT2D eigenvalue weighted by molar-refractivity contribution is 0.587. The van der Waals surface area contributed by atoms with Gasteiger partial charge in [-0.25, -0.2) is 9.97 Å². The summed E-state index contributed by atoms with van der Waals surface area (Å²) >= 11 is 0. The van der Waals surface area contributed by atoms with Crippen molar-refractivity contribution in [2.45, 2.75) is 59.8 Å². The number of rotatable bonds is 4. The summed E-state index contributed by atoms with van der Waals surface area (Å²) in [5.74, 6) is 1.13. The van der Waals surface area contributed by atoms with Crippen LogP contribution in [-0.2, 0) is 5.41 Å². The van der Waals surface area contributed by atoms with Gasteiger partial charge in [0, 0.05) is 28.2 Å². The van der Waals surface area contributed by atoms with E-state index in [1.807, 2.05) is 12.4 Å². The van der Waals surface area contributed by atoms with Crippen molar-refractivity contribution in [2.75, 3.05) is 0 Å². The number of imidazole rings is 1. The molecule has 0 amide bonds. The van der Waals surface area contributed by atoms with Crippen LogP contribution in [0.15, 0.2) is 89.6 Å². The first kappa shape index (κ1) is 27.1. The van der Waals surface area contributed by atoms with Crippen molar-refractivity contribution in [3.05, 3.63) is 108 Å². The molecule has 0 bridgehead atoms. The lowest BCUT2D eigenvalue weighted by Crippen LogP contribution is -2.16. The molecule has 7 rings (SSSR count). The van der Waals surface area contributed by atoms with Crippen molar-refractivity contribution in [1.82, 2.24) is 19.5 Å². The van der Waals surface area contributed by atoms with Crippen molar-refractivity contribution in [3.63, 3.8) is 0 Å². The first-order valence-corrected chi connectivity index (χ1v) is 15.0. The number of furan rings is 1. The minimum atomic E-state index is -0.125. The number of pyridine rings is 2. The van der Waals surface area contributed by atoms with E-state index < -0.39 is 0 Å². The van der Waals surface area contributed by atoms with Gasteiger partial charge in [0.15, 0.2) is 0 Å². The first-order chi connectivity index (χ1) is 20.6. The van der Waals surface area contributed by atoms with E-state index in [1.54, 1.807) is 0 Å². The number of nitrogens with zero attached hydrogens (tertiary/aromatic N) is 4. The van der Waals surface area contributed by atoms with Gasteiger partial charge < -0.3 is 4.42 Å². The SMILES string of the molecule is Cc1ccc(C)c2c1oc1ncc(-c3nc4cnc(C(C)C)cc4n3-c3ccc(-c4ccccc4)cc3C(C)(C)C)cc12. The maximum Gasteiger partial charge on any atom is 0.227 e. The van der Waals surface area contributed by atoms with Gasteiger partial charge in [-0.2, -0.15) is 0 Å². The summed E-state index contributed by atoms with van der Waals surface area (Å²) in [5.41, 5.74) is 12.3. The van der Waals surface area contributed by atoms with Crippen molar-refractivity contribution in [3.8, 4) is 28.2 Å². The number of hydrogen-bond donors (Lipinski definition) is 0. The van der Waals surface area contributed by atoms with Crippen LogP contribution in [-0.4, -0.2) is 19.5 Å². The van der Waals surface area contributed by atoms with Crippen LogP contribution in [0.1, 0.15) is 62.9 Å². The fourth-order valence-corrected chi connectivity index (χ4v) is 6.07. The number of aromatic nitrogens is 4. The monoisotopic (exact) mass is 564 g/mol. The van der Waals surface area contributed by atoms with Gasteiger partial charge in [-0.15, -0.1) is 0 Å². The van der Waals surface area contributed by atoms with Gasteiger partial charge in [0.25, 0.3) is 0 Å². The fourth-order valence-electron chi connectivity index (χ4n) is 6.07. The normalized spacial score (nSPS) is 12.3. The van der Waals surface area contributed by atoms with Crippen LogP contribution in [0.3, 0.4) is 0 Å². The molecule has 0 aliphatic heterocycles. The molecule has 4 heterocycles. The molecule has 3 aromatic carbocycles. The second kappa shape index (κ2) is 9.91. The quantitative estimate of drug-likeness (QED) is 0.213. The standard InChI is InChI=1S/C38H36N4O/c1-22(2)30-19-33-31(21-39-30)41-36(27-17-28-34-23(3)13-14-24(4)35(34)43-37(28)40-20-27)42(33)32-16-15-26(18-29(32)38(5,6)7)25-11-9-8-10-12-25/h8-22H,1-7H3. The molecule has 4 aromatic heterocycles. The molecule has 0 saturated heterocycles. The molecule has 0 atom stereocenters. The average Bonchev–Trinajstić information content (AvgIpc) is 3.58. The zero-order chi connectivity index (χ0) is 30.0. The van der Waals surface area contributed by atoms with E-state index in [-0.39, 0.29) is 5.41 Å². The highest BCUT2D eigenvalue weighted by Crippen LogP contribution is 2.39. The molecular weight excluding hydrogens is 528 g/mol. The van der Waals surface area contributed by atoms with Gasteiger partial charge in [-0.1, -0.05) is 83.1 Å². The lowest BCUT2D eigenvalue weighted by atomic mass is 9.84. The van der Waals surface area contributed by atoms with Crippen LogP contribution < -0.4 is 0 Å². The largest absolute Gasteiger partial charge is 0.437 e. The zero-order valence-electron chi connectivity index (χ0n) is 25.9. The van der Waals surface area contributed by atoms with Crippen molar-refractivity contribution >= 4 is 33.1 Å². The van der Waals surface area contributed by atoms with E-state index >= 15 is 0 Å². The van der Waals surface area contributed by atoms with Gasteiger partial charge in [0.1, 0.15) is 16.9 Å². The first-order valence-electron chi connectivity index (χ1n) is 15.0. The molecule has 5 heteroatoms. The number of hydrogen-bond acceptors (Lipinski definition) is 4. The second-order valence-electron chi connectivity index (χ2n) is 13.0. The summed E-state index contributed by atoms with van der Waals surface area (Å²) in [5, 5.41) is 2.11. The third kappa shape index (κ3) is 4.51. The van der Waals surface area contributed by atoms with Gasteiger partial charge >= 0.3 is 0 Å². The average molecular weight is 565 g/mol. The Balaban J connectivity index is 1.54. The molecule has 214 valence electrons. The smallest absolute Gasteiger partial charge is 0.227 e. The van der Waals surface area contributed by atoms with Crippen molar-refractivity contribution < 1.29 is 4.42 Å². The highest BCUT2D eigenvalue weighted by molar-refractivity contribution is 6.07. The zero-order valence-corrected chi connectivity index (χ0v) is 25.9. The van der Waals surface area contributed by atoms with E-state index in [4.69, 9.17) is 19.4 Å². The summed E-state index contributed by atoms with van der Waals surface area (Å²) in [6, 6.07) is 26.0. The van der Waals surface area contributed by atoms with E-state index in [1.165, 1.54) is 22.3 Å². The van der Waals surface area contributed by atoms with Crippen LogP contribution in [0.4, 0.5) is 0 Å². The summed E-state index contributed by atoms with van der Waals surface area (Å²) in [4.78, 5) is 14.8. The molecule has 0 aliphatic rings. The molecule has 43 heavy (non-hydrogen) atoms.